The molecule has 2 aliphatic heterocycles. The lowest BCUT2D eigenvalue weighted by atomic mass is 10.1. The lowest BCUT2D eigenvalue weighted by molar-refractivity contribution is 0.0976. The van der Waals surface area contributed by atoms with E-state index in [4.69, 9.17) is 8.92 Å². The van der Waals surface area contributed by atoms with E-state index in [-0.39, 0.29) is 18.0 Å². The molecule has 1 N–H and O–H groups in total. The van der Waals surface area contributed by atoms with Crippen molar-refractivity contribution in [2.75, 3.05) is 32.5 Å². The maximum absolute atomic E-state index is 14.8. The standard InChI is InChI=1S/C17H23FN2O4S/c1-25-23-11-14-10-20(17(22)24-14)12-3-2-4-16(15(18)9-12)19-7-5-13(21)6-8-19/h2,4,9,13-14,21H,3,5-8,10-11H2,1H3. The minimum absolute atomic E-state index is 0.305. The van der Waals surface area contributed by atoms with E-state index in [0.717, 1.165) is 0 Å². The number of amides is 1. The summed E-state index contributed by atoms with van der Waals surface area (Å²) < 4.78 is 25.2. The molecule has 8 heteroatoms. The molecule has 25 heavy (non-hydrogen) atoms. The molecule has 0 radical (unpaired) electrons. The number of cyclic esters (lactones) is 1. The fourth-order valence-corrected chi connectivity index (χ4v) is 3.48. The molecule has 0 spiro atoms. The Bertz CT molecular complexity index is 599. The van der Waals surface area contributed by atoms with Crippen molar-refractivity contribution in [1.82, 2.24) is 9.80 Å². The number of hydrogen-bond acceptors (Lipinski definition) is 6. The summed E-state index contributed by atoms with van der Waals surface area (Å²) in [6.45, 7) is 1.92. The second-order valence-corrected chi connectivity index (χ2v) is 6.83. The summed E-state index contributed by atoms with van der Waals surface area (Å²) in [7, 11) is 0. The Balaban J connectivity index is 1.72. The van der Waals surface area contributed by atoms with E-state index in [0.29, 0.717) is 56.9 Å². The number of hydrogen-bond donors (Lipinski definition) is 1. The van der Waals surface area contributed by atoms with Gasteiger partial charge in [0.05, 0.1) is 18.3 Å². The Morgan fingerprint density at radius 2 is 2.20 bits per heavy atom. The summed E-state index contributed by atoms with van der Waals surface area (Å²) in [4.78, 5) is 15.5. The van der Waals surface area contributed by atoms with Crippen LogP contribution in [0.5, 0.6) is 0 Å². The van der Waals surface area contributed by atoms with Crippen LogP contribution in [0, 0.1) is 0 Å². The van der Waals surface area contributed by atoms with Crippen molar-refractivity contribution in [1.29, 1.82) is 0 Å². The van der Waals surface area contributed by atoms with E-state index in [9.17, 15) is 14.3 Å². The van der Waals surface area contributed by atoms with Crippen molar-refractivity contribution >= 4 is 18.1 Å². The van der Waals surface area contributed by atoms with Gasteiger partial charge in [-0.3, -0.25) is 4.90 Å². The summed E-state index contributed by atoms with van der Waals surface area (Å²) in [5.41, 5.74) is 1.09. The Morgan fingerprint density at radius 3 is 2.92 bits per heavy atom. The number of allylic oxidation sites excluding steroid dienone is 4. The van der Waals surface area contributed by atoms with Crippen LogP contribution in [0.2, 0.25) is 0 Å². The summed E-state index contributed by atoms with van der Waals surface area (Å²) in [5, 5.41) is 9.61. The highest BCUT2D eigenvalue weighted by molar-refractivity contribution is 7.93. The summed E-state index contributed by atoms with van der Waals surface area (Å²) in [5.74, 6) is -0.364. The number of rotatable bonds is 5. The van der Waals surface area contributed by atoms with Gasteiger partial charge in [0.25, 0.3) is 0 Å². The summed E-state index contributed by atoms with van der Waals surface area (Å²) in [6.07, 6.45) is 7.44. The maximum Gasteiger partial charge on any atom is 0.414 e. The Labute approximate surface area is 151 Å². The Morgan fingerprint density at radius 1 is 1.44 bits per heavy atom. The molecule has 0 saturated carbocycles. The number of nitrogens with zero attached hydrogens (tertiary/aromatic N) is 2. The predicted molar refractivity (Wildman–Crippen MR) is 93.2 cm³/mol. The van der Waals surface area contributed by atoms with Crippen LogP contribution in [0.25, 0.3) is 0 Å². The molecule has 1 amide bonds. The average Bonchev–Trinajstić information content (AvgIpc) is 2.86. The largest absolute Gasteiger partial charge is 0.441 e. The number of carbonyl (C=O) groups is 1. The van der Waals surface area contributed by atoms with Crippen molar-refractivity contribution in [3.05, 3.63) is 35.4 Å². The van der Waals surface area contributed by atoms with Gasteiger partial charge in [-0.15, -0.1) is 0 Å². The van der Waals surface area contributed by atoms with Gasteiger partial charge in [-0.05, 0) is 37.0 Å². The minimum Gasteiger partial charge on any atom is -0.441 e. The highest BCUT2D eigenvalue weighted by atomic mass is 32.2. The molecule has 2 heterocycles. The van der Waals surface area contributed by atoms with Crippen LogP contribution < -0.4 is 0 Å². The van der Waals surface area contributed by atoms with Gasteiger partial charge in [0.15, 0.2) is 0 Å². The highest BCUT2D eigenvalue weighted by Gasteiger charge is 2.34. The zero-order valence-corrected chi connectivity index (χ0v) is 15.0. The van der Waals surface area contributed by atoms with Crippen LogP contribution >= 0.6 is 12.0 Å². The molecule has 3 aliphatic rings. The van der Waals surface area contributed by atoms with E-state index in [1.54, 1.807) is 12.3 Å². The van der Waals surface area contributed by atoms with Crippen LogP contribution in [0.3, 0.4) is 0 Å². The third kappa shape index (κ3) is 4.37. The average molecular weight is 370 g/mol. The monoisotopic (exact) mass is 370 g/mol. The zero-order valence-electron chi connectivity index (χ0n) is 14.2. The Hall–Kier alpha value is -1.51. The zero-order chi connectivity index (χ0) is 17.8. The third-order valence-electron chi connectivity index (χ3n) is 4.54. The first-order valence-electron chi connectivity index (χ1n) is 8.42. The number of aliphatic hydroxyl groups excluding tert-OH is 1. The van der Waals surface area contributed by atoms with E-state index >= 15 is 0 Å². The number of piperidine rings is 1. The van der Waals surface area contributed by atoms with E-state index in [1.165, 1.54) is 23.0 Å². The SMILES string of the molecule is CSOCC1CN(C2=CC(F)=C(N3CCC(O)CC3)C=CC2)C(=O)O1. The van der Waals surface area contributed by atoms with Gasteiger partial charge in [0.2, 0.25) is 0 Å². The van der Waals surface area contributed by atoms with Gasteiger partial charge in [-0.25, -0.2) is 9.18 Å². The van der Waals surface area contributed by atoms with Crippen molar-refractivity contribution < 1.29 is 23.2 Å². The second kappa shape index (κ2) is 8.25. The number of aliphatic hydroxyl groups is 1. The third-order valence-corrected chi connectivity index (χ3v) is 4.91. The second-order valence-electron chi connectivity index (χ2n) is 6.26. The summed E-state index contributed by atoms with van der Waals surface area (Å²) in [6, 6.07) is 0. The fourth-order valence-electron chi connectivity index (χ4n) is 3.19. The van der Waals surface area contributed by atoms with Crippen LogP contribution in [0.15, 0.2) is 35.4 Å². The normalized spacial score (nSPS) is 25.3. The van der Waals surface area contributed by atoms with Crippen LogP contribution in [-0.4, -0.2) is 65.7 Å². The molecule has 3 rings (SSSR count). The van der Waals surface area contributed by atoms with Gasteiger partial charge in [0.1, 0.15) is 18.5 Å². The molecule has 2 saturated heterocycles. The molecule has 0 aromatic rings. The van der Waals surface area contributed by atoms with Crippen molar-refractivity contribution in [3.63, 3.8) is 0 Å². The molecule has 1 aliphatic carbocycles. The lowest BCUT2D eigenvalue weighted by Gasteiger charge is -2.32. The molecule has 0 aromatic heterocycles. The molecule has 1 unspecified atom stereocenters. The number of ether oxygens (including phenoxy) is 1. The quantitative estimate of drug-likeness (QED) is 0.751. The van der Waals surface area contributed by atoms with E-state index in [1.807, 2.05) is 11.0 Å². The maximum atomic E-state index is 14.8. The minimum atomic E-state index is -0.466. The Kier molecular flexibility index (Phi) is 6.03. The molecule has 2 fully saturated rings. The van der Waals surface area contributed by atoms with E-state index < -0.39 is 6.09 Å². The van der Waals surface area contributed by atoms with Gasteiger partial charge in [-0.2, -0.15) is 0 Å². The first kappa shape index (κ1) is 18.3. The first-order valence-corrected chi connectivity index (χ1v) is 9.57. The first-order chi connectivity index (χ1) is 12.1. The van der Waals surface area contributed by atoms with Crippen molar-refractivity contribution in [2.24, 2.45) is 0 Å². The lowest BCUT2D eigenvalue weighted by Crippen LogP contribution is -2.35. The highest BCUT2D eigenvalue weighted by Crippen LogP contribution is 2.28. The molecule has 0 aromatic carbocycles. The van der Waals surface area contributed by atoms with Gasteiger partial charge in [-0.1, -0.05) is 6.08 Å². The van der Waals surface area contributed by atoms with Crippen LogP contribution in [0.4, 0.5) is 9.18 Å². The molecule has 0 bridgehead atoms. The van der Waals surface area contributed by atoms with Gasteiger partial charge < -0.3 is 18.9 Å². The molecular weight excluding hydrogens is 347 g/mol. The predicted octanol–water partition coefficient (Wildman–Crippen LogP) is 2.58. The molecule has 6 nitrogen and oxygen atoms in total. The van der Waals surface area contributed by atoms with E-state index in [2.05, 4.69) is 0 Å². The fraction of sp³-hybridized carbons (Fsp3) is 0.588. The van der Waals surface area contributed by atoms with Crippen LogP contribution in [0.1, 0.15) is 19.3 Å². The molecule has 1 atom stereocenters. The van der Waals surface area contributed by atoms with Crippen molar-refractivity contribution in [3.8, 4) is 0 Å². The summed E-state index contributed by atoms with van der Waals surface area (Å²) >= 11 is 1.22. The van der Waals surface area contributed by atoms with Crippen molar-refractivity contribution in [2.45, 2.75) is 31.5 Å². The van der Waals surface area contributed by atoms with Crippen LogP contribution in [-0.2, 0) is 8.92 Å². The smallest absolute Gasteiger partial charge is 0.414 e. The molecule has 138 valence electrons. The number of halogens is 1. The number of carbonyl (C=O) groups excluding carboxylic acids is 1. The van der Waals surface area contributed by atoms with Gasteiger partial charge >= 0.3 is 6.09 Å². The van der Waals surface area contributed by atoms with Gasteiger partial charge in [0, 0.05) is 31.5 Å². The molecular formula is C17H23FN2O4S. The topological polar surface area (TPSA) is 62.2 Å². The number of likely N-dealkylation sites (tertiary alicyclic amines) is 1.